The molecule has 0 unspecified atom stereocenters. The van der Waals surface area contributed by atoms with E-state index in [2.05, 4.69) is 5.32 Å². The number of fused-ring (bicyclic) bond motifs is 2. The lowest BCUT2D eigenvalue weighted by Crippen LogP contribution is -2.49. The summed E-state index contributed by atoms with van der Waals surface area (Å²) < 4.78 is 39.8. The molecule has 1 fully saturated rings. The van der Waals surface area contributed by atoms with Crippen LogP contribution >= 0.6 is 0 Å². The first-order chi connectivity index (χ1) is 13.3. The molecule has 2 heterocycles. The van der Waals surface area contributed by atoms with E-state index in [4.69, 9.17) is 0 Å². The zero-order chi connectivity index (χ0) is 19.9. The fourth-order valence-electron chi connectivity index (χ4n) is 4.29. The number of nitrogens with one attached hydrogen (secondary N) is 1. The van der Waals surface area contributed by atoms with Crippen molar-refractivity contribution in [1.29, 1.82) is 0 Å². The average molecular weight is 388 g/mol. The van der Waals surface area contributed by atoms with Crippen LogP contribution in [-0.4, -0.2) is 24.9 Å². The van der Waals surface area contributed by atoms with Crippen LogP contribution in [0.5, 0.6) is 0 Å². The number of carbonyl (C=O) groups excluding carboxylic acids is 2. The summed E-state index contributed by atoms with van der Waals surface area (Å²) in [5.41, 5.74) is -0.472. The number of hydrogen-bond acceptors (Lipinski definition) is 3. The zero-order valence-corrected chi connectivity index (χ0v) is 15.1. The molecule has 1 spiro atoms. The van der Waals surface area contributed by atoms with Crippen molar-refractivity contribution in [3.8, 4) is 0 Å². The minimum absolute atomic E-state index is 0.128. The van der Waals surface area contributed by atoms with Crippen LogP contribution in [0.15, 0.2) is 48.5 Å². The van der Waals surface area contributed by atoms with Crippen molar-refractivity contribution in [2.75, 3.05) is 18.0 Å². The van der Waals surface area contributed by atoms with E-state index in [1.165, 1.54) is 18.2 Å². The Morgan fingerprint density at radius 2 is 1.68 bits per heavy atom. The van der Waals surface area contributed by atoms with Crippen molar-refractivity contribution < 1.29 is 22.8 Å². The SMILES string of the molecule is O=C(Cc1ccccc1C(F)(F)F)N1C(=O)C2(CCNCC2)c2ccccc21. The first kappa shape index (κ1) is 18.7. The molecule has 0 bridgehead atoms. The highest BCUT2D eigenvalue weighted by atomic mass is 19.4. The second-order valence-corrected chi connectivity index (χ2v) is 7.22. The first-order valence-electron chi connectivity index (χ1n) is 9.17. The van der Waals surface area contributed by atoms with E-state index in [0.717, 1.165) is 16.5 Å². The van der Waals surface area contributed by atoms with Gasteiger partial charge in [-0.2, -0.15) is 13.2 Å². The molecule has 2 aliphatic rings. The molecule has 0 aliphatic carbocycles. The molecular weight excluding hydrogens is 369 g/mol. The monoisotopic (exact) mass is 388 g/mol. The number of anilines is 1. The van der Waals surface area contributed by atoms with Crippen LogP contribution in [0.2, 0.25) is 0 Å². The molecule has 146 valence electrons. The predicted octanol–water partition coefficient (Wildman–Crippen LogP) is 3.44. The Hall–Kier alpha value is -2.67. The van der Waals surface area contributed by atoms with Gasteiger partial charge in [-0.15, -0.1) is 0 Å². The lowest BCUT2D eigenvalue weighted by atomic mass is 9.74. The molecule has 4 nitrogen and oxygen atoms in total. The van der Waals surface area contributed by atoms with Crippen LogP contribution in [0, 0.1) is 0 Å². The van der Waals surface area contributed by atoms with Gasteiger partial charge in [0, 0.05) is 0 Å². The number of rotatable bonds is 2. The van der Waals surface area contributed by atoms with Gasteiger partial charge < -0.3 is 5.32 Å². The smallest absolute Gasteiger partial charge is 0.317 e. The molecule has 1 saturated heterocycles. The molecule has 2 aromatic rings. The third-order valence-electron chi connectivity index (χ3n) is 5.64. The molecule has 7 heteroatoms. The molecule has 1 N–H and O–H groups in total. The molecule has 0 aromatic heterocycles. The number of hydrogen-bond donors (Lipinski definition) is 1. The summed E-state index contributed by atoms with van der Waals surface area (Å²) in [6.45, 7) is 1.30. The van der Waals surface area contributed by atoms with E-state index in [0.29, 0.717) is 31.6 Å². The number of piperidine rings is 1. The lowest BCUT2D eigenvalue weighted by Gasteiger charge is -2.32. The largest absolute Gasteiger partial charge is 0.416 e. The maximum Gasteiger partial charge on any atom is 0.416 e. The highest BCUT2D eigenvalue weighted by Crippen LogP contribution is 2.47. The minimum Gasteiger partial charge on any atom is -0.317 e. The number of halogens is 3. The van der Waals surface area contributed by atoms with Crippen LogP contribution < -0.4 is 10.2 Å². The average Bonchev–Trinajstić information content (AvgIpc) is 2.91. The van der Waals surface area contributed by atoms with Crippen LogP contribution in [0.4, 0.5) is 18.9 Å². The molecule has 0 radical (unpaired) electrons. The maximum atomic E-state index is 13.3. The molecule has 2 aromatic carbocycles. The molecule has 0 atom stereocenters. The van der Waals surface area contributed by atoms with Crippen molar-refractivity contribution in [3.05, 3.63) is 65.2 Å². The summed E-state index contributed by atoms with van der Waals surface area (Å²) in [4.78, 5) is 27.4. The van der Waals surface area contributed by atoms with Crippen molar-refractivity contribution >= 4 is 17.5 Å². The number of nitrogens with zero attached hydrogens (tertiary/aromatic N) is 1. The van der Waals surface area contributed by atoms with Crippen molar-refractivity contribution in [2.45, 2.75) is 30.9 Å². The Labute approximate surface area is 160 Å². The van der Waals surface area contributed by atoms with Crippen molar-refractivity contribution in [1.82, 2.24) is 5.32 Å². The van der Waals surface area contributed by atoms with Gasteiger partial charge in [-0.3, -0.25) is 9.59 Å². The first-order valence-corrected chi connectivity index (χ1v) is 9.17. The van der Waals surface area contributed by atoms with Gasteiger partial charge in [-0.25, -0.2) is 4.90 Å². The molecule has 2 aliphatic heterocycles. The maximum absolute atomic E-state index is 13.3. The van der Waals surface area contributed by atoms with Gasteiger partial charge in [0.15, 0.2) is 0 Å². The Bertz CT molecular complexity index is 933. The van der Waals surface area contributed by atoms with E-state index < -0.39 is 29.5 Å². The van der Waals surface area contributed by atoms with E-state index >= 15 is 0 Å². The van der Waals surface area contributed by atoms with Crippen LogP contribution in [0.3, 0.4) is 0 Å². The van der Waals surface area contributed by atoms with Crippen LogP contribution in [0.25, 0.3) is 0 Å². The zero-order valence-electron chi connectivity index (χ0n) is 15.1. The van der Waals surface area contributed by atoms with Gasteiger partial charge >= 0.3 is 6.18 Å². The lowest BCUT2D eigenvalue weighted by molar-refractivity contribution is -0.138. The summed E-state index contributed by atoms with van der Waals surface area (Å²) >= 11 is 0. The molecular formula is C21H19F3N2O2. The summed E-state index contributed by atoms with van der Waals surface area (Å²) in [5, 5.41) is 3.21. The Morgan fingerprint density at radius 3 is 2.39 bits per heavy atom. The number of para-hydroxylation sites is 1. The fraction of sp³-hybridized carbons (Fsp3) is 0.333. The molecule has 2 amide bonds. The van der Waals surface area contributed by atoms with Gasteiger partial charge in [0.25, 0.3) is 0 Å². The minimum atomic E-state index is -4.56. The Morgan fingerprint density at radius 1 is 1.04 bits per heavy atom. The number of amides is 2. The predicted molar refractivity (Wildman–Crippen MR) is 97.9 cm³/mol. The normalized spacial score (nSPS) is 18.4. The molecule has 0 saturated carbocycles. The van der Waals surface area contributed by atoms with Crippen molar-refractivity contribution in [3.63, 3.8) is 0 Å². The second-order valence-electron chi connectivity index (χ2n) is 7.22. The van der Waals surface area contributed by atoms with Gasteiger partial charge in [-0.05, 0) is 49.2 Å². The number of alkyl halides is 3. The highest BCUT2D eigenvalue weighted by molar-refractivity contribution is 6.23. The summed E-state index contributed by atoms with van der Waals surface area (Å²) in [6.07, 6.45) is -3.92. The van der Waals surface area contributed by atoms with E-state index in [1.54, 1.807) is 12.1 Å². The van der Waals surface area contributed by atoms with Gasteiger partial charge in [0.2, 0.25) is 11.8 Å². The van der Waals surface area contributed by atoms with Gasteiger partial charge in [0.05, 0.1) is 23.1 Å². The van der Waals surface area contributed by atoms with Crippen LogP contribution in [-0.2, 0) is 27.6 Å². The Balaban J connectivity index is 1.71. The summed E-state index contributed by atoms with van der Waals surface area (Å²) in [5.74, 6) is -0.964. The second kappa shape index (κ2) is 6.74. The molecule has 28 heavy (non-hydrogen) atoms. The van der Waals surface area contributed by atoms with E-state index in [-0.39, 0.29) is 11.5 Å². The fourth-order valence-corrected chi connectivity index (χ4v) is 4.29. The number of carbonyl (C=O) groups is 2. The topological polar surface area (TPSA) is 49.4 Å². The number of imide groups is 1. The van der Waals surface area contributed by atoms with Gasteiger partial charge in [-0.1, -0.05) is 36.4 Å². The third kappa shape index (κ3) is 2.90. The van der Waals surface area contributed by atoms with Crippen LogP contribution in [0.1, 0.15) is 29.5 Å². The standard InChI is InChI=1S/C21H19F3N2O2/c22-21(23,24)15-6-2-1-5-14(15)13-18(27)26-17-8-4-3-7-16(17)20(19(26)28)9-11-25-12-10-20/h1-8,25H,9-13H2. The third-order valence-corrected chi connectivity index (χ3v) is 5.64. The quantitative estimate of drug-likeness (QED) is 0.858. The summed E-state index contributed by atoms with van der Waals surface area (Å²) in [6, 6.07) is 12.1. The Kier molecular flexibility index (Phi) is 4.50. The van der Waals surface area contributed by atoms with Crippen molar-refractivity contribution in [2.24, 2.45) is 0 Å². The molecule has 4 rings (SSSR count). The van der Waals surface area contributed by atoms with Gasteiger partial charge in [0.1, 0.15) is 0 Å². The summed E-state index contributed by atoms with van der Waals surface area (Å²) in [7, 11) is 0. The highest BCUT2D eigenvalue weighted by Gasteiger charge is 2.52. The van der Waals surface area contributed by atoms with E-state index in [1.807, 2.05) is 12.1 Å². The van der Waals surface area contributed by atoms with E-state index in [9.17, 15) is 22.8 Å². The number of benzene rings is 2.